The second-order valence-electron chi connectivity index (χ2n) is 11.9. The SMILES string of the molecule is COc1ccc(CN(c2ccncn2)S(=O)(=O)c2cc(Cl)c(N[C@H]3CC[C@@H](c4cccc(C(F)(F)F)c4)C[C@@H]3N(C)C)cc2F)c(OC)c1. The minimum Gasteiger partial charge on any atom is -0.497 e. The van der Waals surface area contributed by atoms with Gasteiger partial charge in [0.2, 0.25) is 0 Å². The van der Waals surface area contributed by atoms with Gasteiger partial charge in [-0.1, -0.05) is 29.8 Å². The number of halogens is 5. The summed E-state index contributed by atoms with van der Waals surface area (Å²) in [6, 6.07) is 13.4. The number of hydrogen-bond acceptors (Lipinski definition) is 8. The van der Waals surface area contributed by atoms with Crippen molar-refractivity contribution in [3.05, 3.63) is 101 Å². The highest BCUT2D eigenvalue weighted by molar-refractivity contribution is 7.92. The van der Waals surface area contributed by atoms with E-state index >= 15 is 4.39 Å². The Balaban J connectivity index is 1.42. The van der Waals surface area contributed by atoms with E-state index in [4.69, 9.17) is 21.1 Å². The van der Waals surface area contributed by atoms with Gasteiger partial charge in [0, 0.05) is 36.0 Å². The lowest BCUT2D eigenvalue weighted by atomic mass is 9.78. The average molecular weight is 722 g/mol. The monoisotopic (exact) mass is 721 g/mol. The Kier molecular flexibility index (Phi) is 10.9. The summed E-state index contributed by atoms with van der Waals surface area (Å²) in [5.41, 5.74) is 0.577. The van der Waals surface area contributed by atoms with Crippen LogP contribution in [-0.2, 0) is 22.7 Å². The van der Waals surface area contributed by atoms with Crippen LogP contribution in [0.1, 0.15) is 41.9 Å². The number of nitrogens with one attached hydrogen (secondary N) is 1. The van der Waals surface area contributed by atoms with E-state index < -0.39 is 32.5 Å². The van der Waals surface area contributed by atoms with Crippen LogP contribution in [-0.4, -0.2) is 63.7 Å². The molecule has 1 aromatic heterocycles. The fourth-order valence-electron chi connectivity index (χ4n) is 6.17. The van der Waals surface area contributed by atoms with Crippen LogP contribution in [0.15, 0.2) is 78.1 Å². The van der Waals surface area contributed by atoms with Crippen molar-refractivity contribution in [1.29, 1.82) is 0 Å². The number of nitrogens with zero attached hydrogens (tertiary/aromatic N) is 4. The van der Waals surface area contributed by atoms with Crippen molar-refractivity contribution in [3.63, 3.8) is 0 Å². The van der Waals surface area contributed by atoms with E-state index in [1.165, 1.54) is 44.9 Å². The number of aromatic nitrogens is 2. The van der Waals surface area contributed by atoms with Crippen molar-refractivity contribution >= 4 is 33.1 Å². The maximum atomic E-state index is 15.9. The molecule has 0 aliphatic heterocycles. The molecule has 0 unspecified atom stereocenters. The Morgan fingerprint density at radius 2 is 1.80 bits per heavy atom. The van der Waals surface area contributed by atoms with Gasteiger partial charge in [-0.2, -0.15) is 13.2 Å². The maximum Gasteiger partial charge on any atom is 0.416 e. The van der Waals surface area contributed by atoms with E-state index in [0.29, 0.717) is 41.9 Å². The number of methoxy groups -OCH3 is 2. The van der Waals surface area contributed by atoms with Crippen LogP contribution in [0.3, 0.4) is 0 Å². The van der Waals surface area contributed by atoms with Gasteiger partial charge >= 0.3 is 6.18 Å². The summed E-state index contributed by atoms with van der Waals surface area (Å²) in [7, 11) is 2.07. The van der Waals surface area contributed by atoms with Crippen LogP contribution in [0.5, 0.6) is 11.5 Å². The third kappa shape index (κ3) is 8.03. The van der Waals surface area contributed by atoms with E-state index in [2.05, 4.69) is 15.3 Å². The van der Waals surface area contributed by atoms with Gasteiger partial charge in [-0.25, -0.2) is 27.1 Å². The Morgan fingerprint density at radius 1 is 1.02 bits per heavy atom. The van der Waals surface area contributed by atoms with Crippen LogP contribution in [0.25, 0.3) is 0 Å². The first-order chi connectivity index (χ1) is 23.2. The molecule has 4 aromatic rings. The molecule has 0 bridgehead atoms. The Bertz CT molecular complexity index is 1880. The third-order valence-electron chi connectivity index (χ3n) is 8.73. The first-order valence-electron chi connectivity index (χ1n) is 15.3. The zero-order valence-electron chi connectivity index (χ0n) is 27.2. The molecule has 1 saturated carbocycles. The normalized spacial score (nSPS) is 18.3. The van der Waals surface area contributed by atoms with Crippen molar-refractivity contribution in [3.8, 4) is 11.5 Å². The molecule has 0 spiro atoms. The van der Waals surface area contributed by atoms with Crippen molar-refractivity contribution in [1.82, 2.24) is 14.9 Å². The van der Waals surface area contributed by atoms with Gasteiger partial charge in [0.1, 0.15) is 34.4 Å². The molecule has 1 heterocycles. The van der Waals surface area contributed by atoms with Crippen LogP contribution >= 0.6 is 11.6 Å². The Labute approximate surface area is 287 Å². The quantitative estimate of drug-likeness (QED) is 0.160. The largest absolute Gasteiger partial charge is 0.497 e. The molecule has 1 aliphatic rings. The Hall–Kier alpha value is -4.14. The van der Waals surface area contributed by atoms with Crippen molar-refractivity contribution in [2.75, 3.05) is 37.9 Å². The molecule has 1 fully saturated rings. The zero-order chi connectivity index (χ0) is 35.5. The van der Waals surface area contributed by atoms with Crippen molar-refractivity contribution in [2.45, 2.75) is 54.9 Å². The van der Waals surface area contributed by atoms with Gasteiger partial charge in [0.25, 0.3) is 10.0 Å². The van der Waals surface area contributed by atoms with Crippen molar-refractivity contribution in [2.24, 2.45) is 0 Å². The smallest absolute Gasteiger partial charge is 0.416 e. The highest BCUT2D eigenvalue weighted by Gasteiger charge is 2.36. The summed E-state index contributed by atoms with van der Waals surface area (Å²) in [5, 5.41) is 3.26. The highest BCUT2D eigenvalue weighted by atomic mass is 35.5. The Morgan fingerprint density at radius 3 is 2.45 bits per heavy atom. The summed E-state index contributed by atoms with van der Waals surface area (Å²) < 4.78 is 96.0. The fourth-order valence-corrected chi connectivity index (χ4v) is 7.93. The van der Waals surface area contributed by atoms with Gasteiger partial charge in [-0.3, -0.25) is 0 Å². The van der Waals surface area contributed by atoms with Gasteiger partial charge in [-0.15, -0.1) is 0 Å². The van der Waals surface area contributed by atoms with Gasteiger partial charge in [-0.05, 0) is 75.2 Å². The van der Waals surface area contributed by atoms with Crippen LogP contribution in [0.4, 0.5) is 29.1 Å². The molecule has 15 heteroatoms. The van der Waals surface area contributed by atoms with E-state index in [-0.39, 0.29) is 41.1 Å². The molecular weight excluding hydrogens is 686 g/mol. The van der Waals surface area contributed by atoms with Gasteiger partial charge in [0.05, 0.1) is 37.0 Å². The van der Waals surface area contributed by atoms with E-state index in [1.807, 2.05) is 19.0 Å². The molecule has 1 aliphatic carbocycles. The molecule has 0 amide bonds. The summed E-state index contributed by atoms with van der Waals surface area (Å²) in [6.07, 6.45) is -0.213. The maximum absolute atomic E-state index is 15.9. The molecule has 0 radical (unpaired) electrons. The van der Waals surface area contributed by atoms with Gasteiger partial charge in [0.15, 0.2) is 0 Å². The summed E-state index contributed by atoms with van der Waals surface area (Å²) >= 11 is 6.64. The number of likely N-dealkylation sites (N-methyl/N-ethyl adjacent to an activating group) is 1. The standard InChI is InChI=1S/C34H36ClF4N5O4S/c1-43(2)30-15-22(21-6-5-7-24(14-21)34(37,38)39)9-11-28(30)42-29-18-27(36)32(17-26(29)35)49(45,46)44(33-12-13-40-20-41-33)19-23-8-10-25(47-3)16-31(23)48-4/h5-8,10,12-14,16-18,20,22,28,30,42H,9,11,15,19H2,1-4H3/t22-,28+,30+/m1/s1. The number of sulfonamides is 1. The van der Waals surface area contributed by atoms with Crippen LogP contribution in [0, 0.1) is 5.82 Å². The lowest BCUT2D eigenvalue weighted by Gasteiger charge is -2.41. The highest BCUT2D eigenvalue weighted by Crippen LogP contribution is 2.40. The molecule has 9 nitrogen and oxygen atoms in total. The molecule has 0 saturated heterocycles. The summed E-state index contributed by atoms with van der Waals surface area (Å²) in [4.78, 5) is 9.29. The minimum atomic E-state index is -4.59. The lowest BCUT2D eigenvalue weighted by molar-refractivity contribution is -0.137. The number of rotatable bonds is 11. The summed E-state index contributed by atoms with van der Waals surface area (Å²) in [6.45, 7) is -0.261. The first kappa shape index (κ1) is 36.1. The number of hydrogen-bond donors (Lipinski definition) is 1. The zero-order valence-corrected chi connectivity index (χ0v) is 28.8. The van der Waals surface area contributed by atoms with Crippen LogP contribution < -0.4 is 19.1 Å². The molecule has 5 rings (SSSR count). The molecule has 262 valence electrons. The molecule has 3 aromatic carbocycles. The molecule has 3 atom stereocenters. The minimum absolute atomic E-state index is 0.00282. The lowest BCUT2D eigenvalue weighted by Crippen LogP contribution is -2.47. The third-order valence-corrected chi connectivity index (χ3v) is 10.8. The predicted octanol–water partition coefficient (Wildman–Crippen LogP) is 7.38. The number of ether oxygens (including phenoxy) is 2. The van der Waals surface area contributed by atoms with E-state index in [1.54, 1.807) is 24.3 Å². The molecule has 1 N–H and O–H groups in total. The fraction of sp³-hybridized carbons (Fsp3) is 0.353. The van der Waals surface area contributed by atoms with Gasteiger partial charge < -0.3 is 19.7 Å². The first-order valence-corrected chi connectivity index (χ1v) is 17.1. The molecular formula is C34H36ClF4N5O4S. The predicted molar refractivity (Wildman–Crippen MR) is 179 cm³/mol. The number of anilines is 2. The molecule has 49 heavy (non-hydrogen) atoms. The van der Waals surface area contributed by atoms with E-state index in [0.717, 1.165) is 22.5 Å². The second kappa shape index (κ2) is 14.8. The summed E-state index contributed by atoms with van der Waals surface area (Å²) in [5.74, 6) is -0.309. The van der Waals surface area contributed by atoms with E-state index in [9.17, 15) is 21.6 Å². The van der Waals surface area contributed by atoms with Crippen LogP contribution in [0.2, 0.25) is 5.02 Å². The number of benzene rings is 3. The second-order valence-corrected chi connectivity index (χ2v) is 14.2. The number of alkyl halides is 3. The topological polar surface area (TPSA) is 96.9 Å². The average Bonchev–Trinajstić information content (AvgIpc) is 3.08. The van der Waals surface area contributed by atoms with Crippen molar-refractivity contribution < 1.29 is 35.5 Å².